The molecular formula is C27H22ClNO6. The Morgan fingerprint density at radius 1 is 1.03 bits per heavy atom. The van der Waals surface area contributed by atoms with Crippen LogP contribution in [0.3, 0.4) is 0 Å². The largest absolute Gasteiger partial charge is 0.452 e. The molecule has 0 fully saturated rings. The number of aryl methyl sites for hydroxylation is 1. The Bertz CT molecular complexity index is 1530. The van der Waals surface area contributed by atoms with E-state index in [1.807, 2.05) is 25.1 Å². The molecule has 1 heterocycles. The molecule has 0 radical (unpaired) electrons. The number of hydrogen-bond donors (Lipinski definition) is 0. The molecule has 0 N–H and O–H groups in total. The van der Waals surface area contributed by atoms with Crippen molar-refractivity contribution in [2.45, 2.75) is 33.1 Å². The van der Waals surface area contributed by atoms with Gasteiger partial charge in [0.25, 0.3) is 5.69 Å². The van der Waals surface area contributed by atoms with E-state index in [0.717, 1.165) is 23.3 Å². The van der Waals surface area contributed by atoms with Gasteiger partial charge in [-0.1, -0.05) is 68.3 Å². The lowest BCUT2D eigenvalue weighted by molar-refractivity contribution is -0.384. The number of fused-ring (bicyclic) bond motifs is 1. The number of rotatable bonds is 4. The van der Waals surface area contributed by atoms with Gasteiger partial charge in [-0.15, -0.1) is 0 Å². The molecule has 1 aromatic heterocycles. The lowest BCUT2D eigenvalue weighted by Crippen LogP contribution is -2.17. The van der Waals surface area contributed by atoms with Gasteiger partial charge in [0, 0.05) is 17.7 Å². The summed E-state index contributed by atoms with van der Waals surface area (Å²) in [6.45, 7) is 8.09. The highest BCUT2D eigenvalue weighted by molar-refractivity contribution is 6.33. The van der Waals surface area contributed by atoms with Crippen LogP contribution in [0.25, 0.3) is 22.3 Å². The van der Waals surface area contributed by atoms with Crippen LogP contribution in [0.15, 0.2) is 69.9 Å². The minimum atomic E-state index is -0.934. The van der Waals surface area contributed by atoms with E-state index in [1.54, 1.807) is 24.3 Å². The zero-order valence-electron chi connectivity index (χ0n) is 19.5. The third kappa shape index (κ3) is 4.81. The van der Waals surface area contributed by atoms with Crippen LogP contribution in [-0.2, 0) is 5.41 Å². The maximum absolute atomic E-state index is 13.4. The van der Waals surface area contributed by atoms with Gasteiger partial charge in [0.05, 0.1) is 20.9 Å². The van der Waals surface area contributed by atoms with E-state index in [0.29, 0.717) is 11.1 Å². The lowest BCUT2D eigenvalue weighted by Gasteiger charge is -2.19. The lowest BCUT2D eigenvalue weighted by atomic mass is 9.86. The number of carbonyl (C=O) groups is 1. The zero-order valence-corrected chi connectivity index (χ0v) is 20.3. The van der Waals surface area contributed by atoms with E-state index in [1.165, 1.54) is 6.07 Å². The highest BCUT2D eigenvalue weighted by Crippen LogP contribution is 2.34. The van der Waals surface area contributed by atoms with Crippen LogP contribution in [-0.4, -0.2) is 10.9 Å². The van der Waals surface area contributed by atoms with Crippen LogP contribution in [0.4, 0.5) is 5.69 Å². The topological polar surface area (TPSA) is 99.7 Å². The molecule has 7 nitrogen and oxygen atoms in total. The fourth-order valence-electron chi connectivity index (χ4n) is 3.63. The smallest absolute Gasteiger partial charge is 0.345 e. The second-order valence-electron chi connectivity index (χ2n) is 9.23. The average molecular weight is 492 g/mol. The molecule has 0 bridgehead atoms. The first-order chi connectivity index (χ1) is 16.5. The van der Waals surface area contributed by atoms with Crippen molar-refractivity contribution in [1.82, 2.24) is 0 Å². The van der Waals surface area contributed by atoms with Crippen molar-refractivity contribution < 1.29 is 18.9 Å². The van der Waals surface area contributed by atoms with Crippen molar-refractivity contribution in [3.8, 4) is 17.1 Å². The SMILES string of the molecule is Cc1ccc2oc(-c3ccc(C(C)(C)C)cc3)c(OC(=O)c3ccc([N+](=O)[O-])cc3Cl)c(=O)c2c1. The van der Waals surface area contributed by atoms with Crippen molar-refractivity contribution >= 4 is 34.2 Å². The summed E-state index contributed by atoms with van der Waals surface area (Å²) < 4.78 is 11.6. The van der Waals surface area contributed by atoms with Crippen molar-refractivity contribution in [2.24, 2.45) is 0 Å². The number of benzene rings is 3. The Labute approximate surface area is 206 Å². The number of hydrogen-bond acceptors (Lipinski definition) is 6. The summed E-state index contributed by atoms with van der Waals surface area (Å²) in [5.74, 6) is -1.12. The number of ether oxygens (including phenoxy) is 1. The summed E-state index contributed by atoms with van der Waals surface area (Å²) in [6, 6.07) is 16.0. The van der Waals surface area contributed by atoms with E-state index in [9.17, 15) is 19.7 Å². The quantitative estimate of drug-likeness (QED) is 0.176. The predicted molar refractivity (Wildman–Crippen MR) is 134 cm³/mol. The first-order valence-corrected chi connectivity index (χ1v) is 11.2. The van der Waals surface area contributed by atoms with Gasteiger partial charge >= 0.3 is 5.97 Å². The molecule has 0 atom stereocenters. The van der Waals surface area contributed by atoms with Crippen LogP contribution in [0.1, 0.15) is 42.3 Å². The van der Waals surface area contributed by atoms with Gasteiger partial charge in [-0.2, -0.15) is 0 Å². The summed E-state index contributed by atoms with van der Waals surface area (Å²) in [5, 5.41) is 11.1. The molecule has 178 valence electrons. The molecular weight excluding hydrogens is 470 g/mol. The van der Waals surface area contributed by atoms with Crippen LogP contribution in [0, 0.1) is 17.0 Å². The number of nitro groups is 1. The molecule has 35 heavy (non-hydrogen) atoms. The molecule has 0 aliphatic rings. The molecule has 4 aromatic rings. The van der Waals surface area contributed by atoms with Gasteiger partial charge in [0.2, 0.25) is 11.2 Å². The number of non-ortho nitro benzene ring substituents is 1. The van der Waals surface area contributed by atoms with E-state index < -0.39 is 16.3 Å². The van der Waals surface area contributed by atoms with E-state index >= 15 is 0 Å². The molecule has 0 aliphatic carbocycles. The van der Waals surface area contributed by atoms with Gasteiger partial charge in [-0.05, 0) is 36.1 Å². The minimum absolute atomic E-state index is 0.0811. The highest BCUT2D eigenvalue weighted by Gasteiger charge is 2.24. The molecule has 0 saturated carbocycles. The van der Waals surface area contributed by atoms with Crippen LogP contribution >= 0.6 is 11.6 Å². The van der Waals surface area contributed by atoms with Gasteiger partial charge in [0.1, 0.15) is 5.58 Å². The van der Waals surface area contributed by atoms with E-state index in [2.05, 4.69) is 20.8 Å². The molecule has 0 unspecified atom stereocenters. The number of halogens is 1. The molecule has 8 heteroatoms. The maximum Gasteiger partial charge on any atom is 0.345 e. The van der Waals surface area contributed by atoms with Crippen molar-refractivity contribution in [1.29, 1.82) is 0 Å². The second-order valence-corrected chi connectivity index (χ2v) is 9.63. The molecule has 3 aromatic carbocycles. The molecule has 4 rings (SSSR count). The van der Waals surface area contributed by atoms with E-state index in [-0.39, 0.29) is 38.6 Å². The Morgan fingerprint density at radius 2 is 1.71 bits per heavy atom. The maximum atomic E-state index is 13.4. The standard InChI is InChI=1S/C27H22ClNO6/c1-15-5-12-22-20(13-15)23(30)25(24(34-22)16-6-8-17(9-7-16)27(2,3)4)35-26(31)19-11-10-18(29(32)33)14-21(19)28/h5-14H,1-4H3. The molecule has 0 spiro atoms. The van der Waals surface area contributed by atoms with Crippen LogP contribution in [0.2, 0.25) is 5.02 Å². The summed E-state index contributed by atoms with van der Waals surface area (Å²) >= 11 is 6.10. The average Bonchev–Trinajstić information content (AvgIpc) is 2.80. The highest BCUT2D eigenvalue weighted by atomic mass is 35.5. The number of esters is 1. The van der Waals surface area contributed by atoms with E-state index in [4.69, 9.17) is 20.8 Å². The van der Waals surface area contributed by atoms with Crippen molar-refractivity contribution in [3.05, 3.63) is 103 Å². The predicted octanol–water partition coefficient (Wildman–Crippen LogP) is 6.85. The van der Waals surface area contributed by atoms with Crippen LogP contribution < -0.4 is 10.2 Å². The summed E-state index contributed by atoms with van der Waals surface area (Å²) in [7, 11) is 0. The van der Waals surface area contributed by atoms with Gasteiger partial charge in [-0.3, -0.25) is 14.9 Å². The minimum Gasteiger partial charge on any atom is -0.452 e. The van der Waals surface area contributed by atoms with Gasteiger partial charge < -0.3 is 9.15 Å². The van der Waals surface area contributed by atoms with Gasteiger partial charge in [0.15, 0.2) is 5.76 Å². The first-order valence-electron chi connectivity index (χ1n) is 10.8. The Morgan fingerprint density at radius 3 is 2.31 bits per heavy atom. The third-order valence-corrected chi connectivity index (χ3v) is 5.91. The zero-order chi connectivity index (χ0) is 25.5. The summed E-state index contributed by atoms with van der Waals surface area (Å²) in [5.41, 5.74) is 1.83. The number of carbonyl (C=O) groups excluding carboxylic acids is 1. The number of nitrogens with zero attached hydrogens (tertiary/aromatic N) is 1. The molecule has 0 amide bonds. The fraction of sp³-hybridized carbons (Fsp3) is 0.185. The Hall–Kier alpha value is -3.97. The van der Waals surface area contributed by atoms with Crippen molar-refractivity contribution in [2.75, 3.05) is 0 Å². The first kappa shape index (κ1) is 24.2. The number of nitro benzene ring substituents is 1. The van der Waals surface area contributed by atoms with Crippen molar-refractivity contribution in [3.63, 3.8) is 0 Å². The normalized spacial score (nSPS) is 11.5. The Balaban J connectivity index is 1.86. The molecule has 0 saturated heterocycles. The summed E-state index contributed by atoms with van der Waals surface area (Å²) in [4.78, 5) is 36.8. The molecule has 0 aliphatic heterocycles. The van der Waals surface area contributed by atoms with Crippen LogP contribution in [0.5, 0.6) is 5.75 Å². The third-order valence-electron chi connectivity index (χ3n) is 5.60. The monoisotopic (exact) mass is 491 g/mol. The second kappa shape index (κ2) is 9.00. The van der Waals surface area contributed by atoms with Gasteiger partial charge in [-0.25, -0.2) is 4.79 Å². The fourth-order valence-corrected chi connectivity index (χ4v) is 3.88. The Kier molecular flexibility index (Phi) is 6.21. The summed E-state index contributed by atoms with van der Waals surface area (Å²) in [6.07, 6.45) is 0.